The monoisotopic (exact) mass is 236 g/mol. The largest absolute Gasteiger partial charge is 0.363 e. The zero-order valence-corrected chi connectivity index (χ0v) is 10.8. The molecule has 0 spiro atoms. The first-order valence-electron chi connectivity index (χ1n) is 5.63. The van der Waals surface area contributed by atoms with E-state index in [1.165, 1.54) is 0 Å². The van der Waals surface area contributed by atoms with E-state index < -0.39 is 0 Å². The highest BCUT2D eigenvalue weighted by Gasteiger charge is 2.11. The van der Waals surface area contributed by atoms with Crippen LogP contribution in [0.2, 0.25) is 0 Å². The minimum Gasteiger partial charge on any atom is -0.363 e. The van der Waals surface area contributed by atoms with Crippen molar-refractivity contribution in [2.24, 2.45) is 5.92 Å². The summed E-state index contributed by atoms with van der Waals surface area (Å²) in [6.07, 6.45) is 1.67. The SMILES string of the molecule is CNCC(C)C(=O)Nc1ccc(N(C)C)nc1. The number of aromatic nitrogens is 1. The number of nitrogens with one attached hydrogen (secondary N) is 2. The van der Waals surface area contributed by atoms with Crippen molar-refractivity contribution in [3.63, 3.8) is 0 Å². The third kappa shape index (κ3) is 4.03. The van der Waals surface area contributed by atoms with Crippen molar-refractivity contribution < 1.29 is 4.79 Å². The van der Waals surface area contributed by atoms with Gasteiger partial charge in [0.25, 0.3) is 0 Å². The van der Waals surface area contributed by atoms with E-state index in [1.807, 2.05) is 45.1 Å². The fourth-order valence-electron chi connectivity index (χ4n) is 1.39. The highest BCUT2D eigenvalue weighted by molar-refractivity contribution is 5.92. The van der Waals surface area contributed by atoms with Crippen molar-refractivity contribution in [1.82, 2.24) is 10.3 Å². The molecule has 0 saturated heterocycles. The average Bonchev–Trinajstić information content (AvgIpc) is 2.30. The zero-order chi connectivity index (χ0) is 12.8. The summed E-state index contributed by atoms with van der Waals surface area (Å²) < 4.78 is 0. The third-order valence-electron chi connectivity index (χ3n) is 2.43. The molecule has 0 saturated carbocycles. The van der Waals surface area contributed by atoms with Gasteiger partial charge in [0.05, 0.1) is 11.9 Å². The molecule has 5 nitrogen and oxygen atoms in total. The second-order valence-corrected chi connectivity index (χ2v) is 4.25. The molecule has 1 unspecified atom stereocenters. The molecule has 1 atom stereocenters. The maximum atomic E-state index is 11.7. The molecule has 0 fully saturated rings. The van der Waals surface area contributed by atoms with Gasteiger partial charge >= 0.3 is 0 Å². The summed E-state index contributed by atoms with van der Waals surface area (Å²) >= 11 is 0. The van der Waals surface area contributed by atoms with Crippen LogP contribution in [0, 0.1) is 5.92 Å². The highest BCUT2D eigenvalue weighted by Crippen LogP contribution is 2.12. The van der Waals surface area contributed by atoms with Crippen molar-refractivity contribution in [3.05, 3.63) is 18.3 Å². The van der Waals surface area contributed by atoms with E-state index in [0.717, 1.165) is 11.5 Å². The standard InChI is InChI=1S/C12H20N4O/c1-9(7-13-2)12(17)15-10-5-6-11(14-8-10)16(3)4/h5-6,8-9,13H,7H2,1-4H3,(H,15,17). The number of nitrogens with zero attached hydrogens (tertiary/aromatic N) is 2. The number of pyridine rings is 1. The van der Waals surface area contributed by atoms with Gasteiger partial charge in [0.1, 0.15) is 5.82 Å². The lowest BCUT2D eigenvalue weighted by molar-refractivity contribution is -0.119. The molecular weight excluding hydrogens is 216 g/mol. The van der Waals surface area contributed by atoms with Gasteiger partial charge in [0.15, 0.2) is 0 Å². The van der Waals surface area contributed by atoms with Gasteiger partial charge < -0.3 is 15.5 Å². The maximum Gasteiger partial charge on any atom is 0.228 e. The Morgan fingerprint density at radius 3 is 2.65 bits per heavy atom. The van der Waals surface area contributed by atoms with Crippen LogP contribution in [0.15, 0.2) is 18.3 Å². The van der Waals surface area contributed by atoms with Crippen LogP contribution < -0.4 is 15.5 Å². The molecule has 0 aliphatic heterocycles. The summed E-state index contributed by atoms with van der Waals surface area (Å²) in [5.41, 5.74) is 0.726. The maximum absolute atomic E-state index is 11.7. The molecule has 17 heavy (non-hydrogen) atoms. The Hall–Kier alpha value is -1.62. The smallest absolute Gasteiger partial charge is 0.228 e. The number of carbonyl (C=O) groups is 1. The van der Waals surface area contributed by atoms with E-state index in [0.29, 0.717) is 6.54 Å². The molecule has 2 N–H and O–H groups in total. The molecular formula is C12H20N4O. The predicted octanol–water partition coefficient (Wildman–Crippen LogP) is 0.942. The Balaban J connectivity index is 2.60. The topological polar surface area (TPSA) is 57.3 Å². The lowest BCUT2D eigenvalue weighted by Gasteiger charge is -2.13. The van der Waals surface area contributed by atoms with Gasteiger partial charge in [-0.05, 0) is 19.2 Å². The summed E-state index contributed by atoms with van der Waals surface area (Å²) in [6.45, 7) is 2.54. The van der Waals surface area contributed by atoms with Gasteiger partial charge in [-0.2, -0.15) is 0 Å². The average molecular weight is 236 g/mol. The van der Waals surface area contributed by atoms with Gasteiger partial charge in [0, 0.05) is 26.6 Å². The normalized spacial score (nSPS) is 12.0. The number of hydrogen-bond acceptors (Lipinski definition) is 4. The molecule has 0 aromatic carbocycles. The van der Waals surface area contributed by atoms with Crippen molar-refractivity contribution in [1.29, 1.82) is 0 Å². The lowest BCUT2D eigenvalue weighted by atomic mass is 10.1. The second kappa shape index (κ2) is 6.20. The Labute approximate surface area is 102 Å². The molecule has 1 rings (SSSR count). The summed E-state index contributed by atoms with van der Waals surface area (Å²) in [5, 5.41) is 5.81. The van der Waals surface area contributed by atoms with Crippen molar-refractivity contribution in [2.75, 3.05) is 37.9 Å². The first-order chi connectivity index (χ1) is 8.04. The summed E-state index contributed by atoms with van der Waals surface area (Å²) in [6, 6.07) is 3.73. The zero-order valence-electron chi connectivity index (χ0n) is 10.8. The van der Waals surface area contributed by atoms with E-state index in [9.17, 15) is 4.79 Å². The van der Waals surface area contributed by atoms with Gasteiger partial charge in [-0.25, -0.2) is 4.98 Å². The molecule has 94 valence electrons. The molecule has 0 bridgehead atoms. The lowest BCUT2D eigenvalue weighted by Crippen LogP contribution is -2.28. The van der Waals surface area contributed by atoms with E-state index in [2.05, 4.69) is 15.6 Å². The fourth-order valence-corrected chi connectivity index (χ4v) is 1.39. The minimum atomic E-state index is -0.0616. The summed E-state index contributed by atoms with van der Waals surface area (Å²) in [5.74, 6) is 0.804. The number of carbonyl (C=O) groups excluding carboxylic acids is 1. The molecule has 0 radical (unpaired) electrons. The fraction of sp³-hybridized carbons (Fsp3) is 0.500. The van der Waals surface area contributed by atoms with Crippen molar-refractivity contribution >= 4 is 17.4 Å². The molecule has 1 amide bonds. The molecule has 5 heteroatoms. The Morgan fingerprint density at radius 1 is 1.47 bits per heavy atom. The van der Waals surface area contributed by atoms with Crippen LogP contribution in [0.4, 0.5) is 11.5 Å². The summed E-state index contributed by atoms with van der Waals surface area (Å²) in [7, 11) is 5.68. The summed E-state index contributed by atoms with van der Waals surface area (Å²) in [4.78, 5) is 17.9. The van der Waals surface area contributed by atoms with E-state index in [1.54, 1.807) is 6.20 Å². The number of hydrogen-bond donors (Lipinski definition) is 2. The van der Waals surface area contributed by atoms with Crippen molar-refractivity contribution in [3.8, 4) is 0 Å². The second-order valence-electron chi connectivity index (χ2n) is 4.25. The predicted molar refractivity (Wildman–Crippen MR) is 70.3 cm³/mol. The minimum absolute atomic E-state index is 0.00115. The van der Waals surface area contributed by atoms with Gasteiger partial charge in [-0.15, -0.1) is 0 Å². The number of amides is 1. The van der Waals surface area contributed by atoms with Gasteiger partial charge in [0.2, 0.25) is 5.91 Å². The molecule has 1 heterocycles. The first-order valence-corrected chi connectivity index (χ1v) is 5.63. The Morgan fingerprint density at radius 2 is 2.18 bits per heavy atom. The van der Waals surface area contributed by atoms with Crippen LogP contribution in [-0.4, -0.2) is 38.6 Å². The Kier molecular flexibility index (Phi) is 4.90. The van der Waals surface area contributed by atoms with Crippen LogP contribution in [0.1, 0.15) is 6.92 Å². The number of anilines is 2. The first kappa shape index (κ1) is 13.4. The van der Waals surface area contributed by atoms with Gasteiger partial charge in [-0.3, -0.25) is 4.79 Å². The highest BCUT2D eigenvalue weighted by atomic mass is 16.1. The van der Waals surface area contributed by atoms with Crippen molar-refractivity contribution in [2.45, 2.75) is 6.92 Å². The molecule has 0 aliphatic rings. The van der Waals surface area contributed by atoms with E-state index >= 15 is 0 Å². The molecule has 1 aromatic rings. The quantitative estimate of drug-likeness (QED) is 0.799. The van der Waals surface area contributed by atoms with E-state index in [-0.39, 0.29) is 11.8 Å². The molecule has 0 aliphatic carbocycles. The Bertz CT molecular complexity index is 361. The van der Waals surface area contributed by atoms with Crippen LogP contribution in [0.5, 0.6) is 0 Å². The van der Waals surface area contributed by atoms with Gasteiger partial charge in [-0.1, -0.05) is 6.92 Å². The third-order valence-corrected chi connectivity index (χ3v) is 2.43. The van der Waals surface area contributed by atoms with Crippen LogP contribution in [-0.2, 0) is 4.79 Å². The van der Waals surface area contributed by atoms with Crippen LogP contribution in [0.25, 0.3) is 0 Å². The van der Waals surface area contributed by atoms with Crippen LogP contribution in [0.3, 0.4) is 0 Å². The molecule has 1 aromatic heterocycles. The number of rotatable bonds is 5. The van der Waals surface area contributed by atoms with Crippen LogP contribution >= 0.6 is 0 Å². The van der Waals surface area contributed by atoms with E-state index in [4.69, 9.17) is 0 Å².